The lowest BCUT2D eigenvalue weighted by molar-refractivity contribution is 0.0934. The van der Waals surface area contributed by atoms with Gasteiger partial charge in [-0.15, -0.1) is 0 Å². The Balaban J connectivity index is 1.87. The molecule has 1 aromatic heterocycles. The summed E-state index contributed by atoms with van der Waals surface area (Å²) in [5, 5.41) is 9.66. The second kappa shape index (κ2) is 4.11. The largest absolute Gasteiger partial charge is 0.379 e. The van der Waals surface area contributed by atoms with E-state index in [2.05, 4.69) is 27.2 Å². The van der Waals surface area contributed by atoms with E-state index in [1.54, 1.807) is 0 Å². The molecule has 2 rings (SSSR count). The van der Waals surface area contributed by atoms with E-state index in [4.69, 9.17) is 5.73 Å². The van der Waals surface area contributed by atoms with Crippen molar-refractivity contribution < 1.29 is 9.42 Å². The van der Waals surface area contributed by atoms with Gasteiger partial charge in [0.1, 0.15) is 0 Å². The number of amides is 1. The van der Waals surface area contributed by atoms with E-state index >= 15 is 0 Å². The number of carbonyl (C=O) groups is 1. The number of rotatable bonds is 5. The predicted octanol–water partition coefficient (Wildman–Crippen LogP) is 0.962. The molecule has 0 unspecified atom stereocenters. The Labute approximate surface area is 93.5 Å². The monoisotopic (exact) mass is 224 g/mol. The molecule has 6 heteroatoms. The number of hydrogen-bond acceptors (Lipinski definition) is 5. The van der Waals surface area contributed by atoms with Crippen LogP contribution in [0.5, 0.6) is 0 Å². The summed E-state index contributed by atoms with van der Waals surface area (Å²) in [7, 11) is 0. The number of nitrogens with two attached hydrogens (primary N) is 1. The SMILES string of the molecule is CCCC1(CNC(=O)c2nonc2N)CC1. The van der Waals surface area contributed by atoms with Gasteiger partial charge in [0.15, 0.2) is 0 Å². The van der Waals surface area contributed by atoms with Crippen LogP contribution in [0.3, 0.4) is 0 Å². The van der Waals surface area contributed by atoms with Gasteiger partial charge >= 0.3 is 0 Å². The minimum atomic E-state index is -0.305. The number of nitrogens with one attached hydrogen (secondary N) is 1. The quantitative estimate of drug-likeness (QED) is 0.776. The fourth-order valence-electron chi connectivity index (χ4n) is 1.93. The van der Waals surface area contributed by atoms with Crippen molar-refractivity contribution in [2.24, 2.45) is 5.41 Å². The van der Waals surface area contributed by atoms with E-state index in [9.17, 15) is 4.79 Å². The molecule has 1 aliphatic rings. The summed E-state index contributed by atoms with van der Waals surface area (Å²) in [4.78, 5) is 11.7. The Morgan fingerprint density at radius 1 is 1.56 bits per heavy atom. The molecule has 0 aromatic carbocycles. The Bertz CT molecular complexity index is 384. The standard InChI is InChI=1S/C10H16N4O2/c1-2-3-10(4-5-10)6-12-9(15)7-8(11)14-16-13-7/h2-6H2,1H3,(H2,11,14)(H,12,15). The first-order valence-electron chi connectivity index (χ1n) is 5.53. The van der Waals surface area contributed by atoms with Crippen LogP contribution in [-0.2, 0) is 0 Å². The van der Waals surface area contributed by atoms with Crippen LogP contribution in [0.4, 0.5) is 5.82 Å². The summed E-state index contributed by atoms with van der Waals surface area (Å²) < 4.78 is 4.38. The molecule has 0 spiro atoms. The highest BCUT2D eigenvalue weighted by Crippen LogP contribution is 2.48. The van der Waals surface area contributed by atoms with Gasteiger partial charge in [0.2, 0.25) is 11.5 Å². The zero-order chi connectivity index (χ0) is 11.6. The van der Waals surface area contributed by atoms with Gasteiger partial charge in [0.25, 0.3) is 5.91 Å². The summed E-state index contributed by atoms with van der Waals surface area (Å²) in [6.07, 6.45) is 4.67. The first-order chi connectivity index (χ1) is 7.67. The van der Waals surface area contributed by atoms with Crippen LogP contribution in [-0.4, -0.2) is 22.8 Å². The van der Waals surface area contributed by atoms with Crippen molar-refractivity contribution in [2.45, 2.75) is 32.6 Å². The molecular weight excluding hydrogens is 208 g/mol. The molecule has 6 nitrogen and oxygen atoms in total. The molecule has 1 heterocycles. The lowest BCUT2D eigenvalue weighted by Gasteiger charge is -2.13. The third-order valence-electron chi connectivity index (χ3n) is 3.09. The third kappa shape index (κ3) is 2.15. The van der Waals surface area contributed by atoms with E-state index in [0.717, 1.165) is 12.8 Å². The highest BCUT2D eigenvalue weighted by molar-refractivity contribution is 5.95. The fraction of sp³-hybridized carbons (Fsp3) is 0.700. The Kier molecular flexibility index (Phi) is 2.80. The minimum absolute atomic E-state index is 0.0397. The molecule has 1 amide bonds. The average Bonchev–Trinajstić information content (AvgIpc) is 2.89. The van der Waals surface area contributed by atoms with Crippen molar-refractivity contribution >= 4 is 11.7 Å². The van der Waals surface area contributed by atoms with Crippen LogP contribution >= 0.6 is 0 Å². The molecule has 0 atom stereocenters. The molecule has 1 aromatic rings. The van der Waals surface area contributed by atoms with E-state index in [0.29, 0.717) is 12.0 Å². The van der Waals surface area contributed by atoms with Crippen molar-refractivity contribution in [3.63, 3.8) is 0 Å². The van der Waals surface area contributed by atoms with Crippen molar-refractivity contribution in [1.82, 2.24) is 15.6 Å². The number of aromatic nitrogens is 2. The molecule has 0 radical (unpaired) electrons. The first-order valence-corrected chi connectivity index (χ1v) is 5.53. The highest BCUT2D eigenvalue weighted by atomic mass is 16.6. The van der Waals surface area contributed by atoms with Crippen molar-refractivity contribution in [3.05, 3.63) is 5.69 Å². The maximum atomic E-state index is 11.7. The highest BCUT2D eigenvalue weighted by Gasteiger charge is 2.41. The van der Waals surface area contributed by atoms with Crippen LogP contribution in [0.2, 0.25) is 0 Å². The van der Waals surface area contributed by atoms with E-state index in [1.165, 1.54) is 12.8 Å². The molecule has 0 bridgehead atoms. The van der Waals surface area contributed by atoms with E-state index < -0.39 is 0 Å². The van der Waals surface area contributed by atoms with Crippen LogP contribution < -0.4 is 11.1 Å². The van der Waals surface area contributed by atoms with Gasteiger partial charge in [0, 0.05) is 6.54 Å². The zero-order valence-corrected chi connectivity index (χ0v) is 9.32. The zero-order valence-electron chi connectivity index (χ0n) is 9.32. The van der Waals surface area contributed by atoms with Gasteiger partial charge in [-0.2, -0.15) is 0 Å². The first kappa shape index (κ1) is 10.9. The number of anilines is 1. The molecule has 88 valence electrons. The molecule has 1 aliphatic carbocycles. The summed E-state index contributed by atoms with van der Waals surface area (Å²) in [6, 6.07) is 0. The lowest BCUT2D eigenvalue weighted by Crippen LogP contribution is -2.30. The number of hydrogen-bond donors (Lipinski definition) is 2. The molecule has 0 aliphatic heterocycles. The number of carbonyl (C=O) groups excluding carboxylic acids is 1. The minimum Gasteiger partial charge on any atom is -0.379 e. The topological polar surface area (TPSA) is 94.0 Å². The van der Waals surface area contributed by atoms with Crippen molar-refractivity contribution in [3.8, 4) is 0 Å². The van der Waals surface area contributed by atoms with Crippen LogP contribution in [0.25, 0.3) is 0 Å². The third-order valence-corrected chi connectivity index (χ3v) is 3.09. The molecule has 1 saturated carbocycles. The van der Waals surface area contributed by atoms with Crippen LogP contribution in [0.1, 0.15) is 43.1 Å². The smallest absolute Gasteiger partial charge is 0.277 e. The molecular formula is C10H16N4O2. The van der Waals surface area contributed by atoms with Crippen molar-refractivity contribution in [2.75, 3.05) is 12.3 Å². The van der Waals surface area contributed by atoms with Crippen LogP contribution in [0.15, 0.2) is 4.63 Å². The second-order valence-electron chi connectivity index (χ2n) is 4.43. The fourth-order valence-corrected chi connectivity index (χ4v) is 1.93. The second-order valence-corrected chi connectivity index (χ2v) is 4.43. The normalized spacial score (nSPS) is 17.1. The summed E-state index contributed by atoms with van der Waals surface area (Å²) in [5.74, 6) is -0.265. The van der Waals surface area contributed by atoms with E-state index in [-0.39, 0.29) is 17.4 Å². The van der Waals surface area contributed by atoms with Gasteiger partial charge in [-0.3, -0.25) is 4.79 Å². The Morgan fingerprint density at radius 3 is 2.81 bits per heavy atom. The van der Waals surface area contributed by atoms with Gasteiger partial charge < -0.3 is 11.1 Å². The Hall–Kier alpha value is -1.59. The van der Waals surface area contributed by atoms with Gasteiger partial charge in [-0.25, -0.2) is 4.63 Å². The number of nitrogen functional groups attached to an aromatic ring is 1. The maximum Gasteiger partial charge on any atom is 0.277 e. The summed E-state index contributed by atoms with van der Waals surface area (Å²) in [5.41, 5.74) is 5.82. The molecule has 3 N–H and O–H groups in total. The summed E-state index contributed by atoms with van der Waals surface area (Å²) in [6.45, 7) is 2.84. The van der Waals surface area contributed by atoms with Gasteiger partial charge in [-0.05, 0) is 35.0 Å². The van der Waals surface area contributed by atoms with Crippen molar-refractivity contribution in [1.29, 1.82) is 0 Å². The average molecular weight is 224 g/mol. The summed E-state index contributed by atoms with van der Waals surface area (Å²) >= 11 is 0. The molecule has 0 saturated heterocycles. The number of nitrogens with zero attached hydrogens (tertiary/aromatic N) is 2. The molecule has 1 fully saturated rings. The van der Waals surface area contributed by atoms with Crippen LogP contribution in [0, 0.1) is 5.41 Å². The molecule has 16 heavy (non-hydrogen) atoms. The van der Waals surface area contributed by atoms with Gasteiger partial charge in [0.05, 0.1) is 0 Å². The lowest BCUT2D eigenvalue weighted by atomic mass is 10.0. The van der Waals surface area contributed by atoms with Gasteiger partial charge in [-0.1, -0.05) is 13.3 Å². The van der Waals surface area contributed by atoms with E-state index in [1.807, 2.05) is 0 Å². The predicted molar refractivity (Wildman–Crippen MR) is 57.6 cm³/mol. The Morgan fingerprint density at radius 2 is 2.31 bits per heavy atom. The maximum absolute atomic E-state index is 11.7.